The van der Waals surface area contributed by atoms with E-state index in [0.29, 0.717) is 12.8 Å². The molecule has 0 amide bonds. The summed E-state index contributed by atoms with van der Waals surface area (Å²) in [6.45, 7) is 1.48. The van der Waals surface area contributed by atoms with Crippen molar-refractivity contribution in [3.05, 3.63) is 0 Å². The van der Waals surface area contributed by atoms with Crippen LogP contribution in [-0.4, -0.2) is 32.0 Å². The van der Waals surface area contributed by atoms with Crippen molar-refractivity contribution in [2.24, 2.45) is 0 Å². The van der Waals surface area contributed by atoms with Crippen LogP contribution in [0.5, 0.6) is 0 Å². The van der Waals surface area contributed by atoms with E-state index in [0.717, 1.165) is 13.1 Å². The monoisotopic (exact) mass is 211 g/mol. The number of hydrogen-bond acceptors (Lipinski definition) is 2. The van der Waals surface area contributed by atoms with Gasteiger partial charge in [0, 0.05) is 13.5 Å². The second-order valence-electron chi connectivity index (χ2n) is 3.75. The van der Waals surface area contributed by atoms with Crippen molar-refractivity contribution >= 4 is 0 Å². The van der Waals surface area contributed by atoms with E-state index in [2.05, 4.69) is 5.32 Å². The third-order valence-corrected chi connectivity index (χ3v) is 2.81. The molecule has 1 saturated heterocycles. The summed E-state index contributed by atoms with van der Waals surface area (Å²) in [5.74, 6) is 0. The van der Waals surface area contributed by atoms with Gasteiger partial charge in [0.05, 0.1) is 5.60 Å². The Morgan fingerprint density at radius 3 is 2.29 bits per heavy atom. The van der Waals surface area contributed by atoms with Crippen LogP contribution in [-0.2, 0) is 4.74 Å². The molecule has 0 aromatic heterocycles. The average Bonchev–Trinajstić information content (AvgIpc) is 2.15. The van der Waals surface area contributed by atoms with E-state index in [1.807, 2.05) is 0 Å². The van der Waals surface area contributed by atoms with Crippen LogP contribution >= 0.6 is 0 Å². The predicted molar refractivity (Wildman–Crippen MR) is 47.1 cm³/mol. The Kier molecular flexibility index (Phi) is 3.78. The second-order valence-corrected chi connectivity index (χ2v) is 3.75. The molecule has 14 heavy (non-hydrogen) atoms. The Balaban J connectivity index is 2.44. The van der Waals surface area contributed by atoms with E-state index in [1.165, 1.54) is 7.11 Å². The molecular weight excluding hydrogens is 195 g/mol. The highest BCUT2D eigenvalue weighted by molar-refractivity contribution is 4.86. The summed E-state index contributed by atoms with van der Waals surface area (Å²) in [7, 11) is 1.50. The minimum absolute atomic E-state index is 0.0781. The summed E-state index contributed by atoms with van der Waals surface area (Å²) in [4.78, 5) is 0. The maximum Gasteiger partial charge on any atom is 0.389 e. The van der Waals surface area contributed by atoms with Gasteiger partial charge >= 0.3 is 6.18 Å². The molecule has 1 rings (SSSR count). The van der Waals surface area contributed by atoms with Crippen molar-refractivity contribution in [2.45, 2.75) is 37.5 Å². The van der Waals surface area contributed by atoms with Gasteiger partial charge in [-0.2, -0.15) is 13.2 Å². The van der Waals surface area contributed by atoms with E-state index in [-0.39, 0.29) is 6.42 Å². The lowest BCUT2D eigenvalue weighted by Crippen LogP contribution is -2.44. The van der Waals surface area contributed by atoms with Crippen LogP contribution in [0.4, 0.5) is 13.2 Å². The SMILES string of the molecule is COC1(CCC(F)(F)F)CCNCC1. The van der Waals surface area contributed by atoms with Gasteiger partial charge in [-0.1, -0.05) is 0 Å². The highest BCUT2D eigenvalue weighted by atomic mass is 19.4. The first kappa shape index (κ1) is 11.8. The molecule has 0 bridgehead atoms. The Morgan fingerprint density at radius 1 is 1.29 bits per heavy atom. The maximum atomic E-state index is 12.0. The predicted octanol–water partition coefficient (Wildman–Crippen LogP) is 2.10. The lowest BCUT2D eigenvalue weighted by molar-refractivity contribution is -0.152. The number of piperidine rings is 1. The van der Waals surface area contributed by atoms with Gasteiger partial charge in [-0.05, 0) is 32.4 Å². The fourth-order valence-electron chi connectivity index (χ4n) is 1.81. The quantitative estimate of drug-likeness (QED) is 0.771. The zero-order valence-electron chi connectivity index (χ0n) is 8.28. The third-order valence-electron chi connectivity index (χ3n) is 2.81. The Hall–Kier alpha value is -0.290. The Bertz CT molecular complexity index is 175. The van der Waals surface area contributed by atoms with E-state index in [1.54, 1.807) is 0 Å². The van der Waals surface area contributed by atoms with Gasteiger partial charge in [0.2, 0.25) is 0 Å². The van der Waals surface area contributed by atoms with Gasteiger partial charge in [0.15, 0.2) is 0 Å². The largest absolute Gasteiger partial charge is 0.389 e. The minimum atomic E-state index is -4.07. The highest BCUT2D eigenvalue weighted by Crippen LogP contribution is 2.32. The van der Waals surface area contributed by atoms with Gasteiger partial charge in [-0.15, -0.1) is 0 Å². The number of rotatable bonds is 3. The number of halogens is 3. The van der Waals surface area contributed by atoms with Gasteiger partial charge in [0.25, 0.3) is 0 Å². The Morgan fingerprint density at radius 2 is 1.86 bits per heavy atom. The number of methoxy groups -OCH3 is 1. The first-order valence-electron chi connectivity index (χ1n) is 4.80. The number of nitrogens with one attached hydrogen (secondary N) is 1. The van der Waals surface area contributed by atoms with Crippen molar-refractivity contribution in [3.8, 4) is 0 Å². The fraction of sp³-hybridized carbons (Fsp3) is 1.00. The van der Waals surface area contributed by atoms with Gasteiger partial charge in [0.1, 0.15) is 0 Å². The summed E-state index contributed by atoms with van der Waals surface area (Å²) in [5, 5.41) is 3.11. The smallest absolute Gasteiger partial charge is 0.378 e. The summed E-state index contributed by atoms with van der Waals surface area (Å²) in [6, 6.07) is 0. The molecule has 0 unspecified atom stereocenters. The second kappa shape index (κ2) is 4.49. The lowest BCUT2D eigenvalue weighted by atomic mass is 9.87. The maximum absolute atomic E-state index is 12.0. The first-order valence-corrected chi connectivity index (χ1v) is 4.80. The molecule has 2 nitrogen and oxygen atoms in total. The van der Waals surface area contributed by atoms with Crippen molar-refractivity contribution in [1.82, 2.24) is 5.32 Å². The number of hydrogen-bond donors (Lipinski definition) is 1. The van der Waals surface area contributed by atoms with E-state index < -0.39 is 18.2 Å². The molecule has 1 fully saturated rings. The standard InChI is InChI=1S/C9H16F3NO/c1-14-8(2-3-9(10,11)12)4-6-13-7-5-8/h13H,2-7H2,1H3. The lowest BCUT2D eigenvalue weighted by Gasteiger charge is -2.36. The normalized spacial score (nSPS) is 22.3. The summed E-state index contributed by atoms with van der Waals surface area (Å²) >= 11 is 0. The molecule has 0 aliphatic carbocycles. The molecule has 0 spiro atoms. The van der Waals surface area contributed by atoms with Crippen LogP contribution in [0.2, 0.25) is 0 Å². The van der Waals surface area contributed by atoms with Gasteiger partial charge in [-0.3, -0.25) is 0 Å². The molecule has 1 aliphatic rings. The molecule has 1 heterocycles. The van der Waals surface area contributed by atoms with E-state index in [9.17, 15) is 13.2 Å². The molecule has 0 saturated carbocycles. The van der Waals surface area contributed by atoms with Crippen LogP contribution in [0.1, 0.15) is 25.7 Å². The molecular formula is C9H16F3NO. The highest BCUT2D eigenvalue weighted by Gasteiger charge is 2.37. The average molecular weight is 211 g/mol. The number of ether oxygens (including phenoxy) is 1. The van der Waals surface area contributed by atoms with Crippen molar-refractivity contribution < 1.29 is 17.9 Å². The van der Waals surface area contributed by atoms with Crippen LogP contribution < -0.4 is 5.32 Å². The molecule has 1 aliphatic heterocycles. The summed E-state index contributed by atoms with van der Waals surface area (Å²) < 4.78 is 41.4. The third kappa shape index (κ3) is 3.46. The van der Waals surface area contributed by atoms with Crippen LogP contribution in [0.15, 0.2) is 0 Å². The van der Waals surface area contributed by atoms with Crippen LogP contribution in [0.3, 0.4) is 0 Å². The van der Waals surface area contributed by atoms with E-state index >= 15 is 0 Å². The molecule has 5 heteroatoms. The molecule has 0 radical (unpaired) electrons. The zero-order chi connectivity index (χ0) is 10.7. The Labute approximate surface area is 81.8 Å². The van der Waals surface area contributed by atoms with Gasteiger partial charge < -0.3 is 10.1 Å². The molecule has 0 atom stereocenters. The van der Waals surface area contributed by atoms with Crippen molar-refractivity contribution in [2.75, 3.05) is 20.2 Å². The topological polar surface area (TPSA) is 21.3 Å². The first-order chi connectivity index (χ1) is 6.47. The minimum Gasteiger partial charge on any atom is -0.378 e. The van der Waals surface area contributed by atoms with E-state index in [4.69, 9.17) is 4.74 Å². The fourth-order valence-corrected chi connectivity index (χ4v) is 1.81. The van der Waals surface area contributed by atoms with Crippen LogP contribution in [0.25, 0.3) is 0 Å². The molecule has 1 N–H and O–H groups in total. The molecule has 84 valence electrons. The number of alkyl halides is 3. The molecule has 0 aromatic rings. The summed E-state index contributed by atoms with van der Waals surface area (Å²) in [6.07, 6.45) is -3.41. The summed E-state index contributed by atoms with van der Waals surface area (Å²) in [5.41, 5.74) is -0.555. The van der Waals surface area contributed by atoms with Crippen LogP contribution in [0, 0.1) is 0 Å². The molecule has 0 aromatic carbocycles. The van der Waals surface area contributed by atoms with Crippen molar-refractivity contribution in [3.63, 3.8) is 0 Å². The van der Waals surface area contributed by atoms with Gasteiger partial charge in [-0.25, -0.2) is 0 Å². The zero-order valence-corrected chi connectivity index (χ0v) is 8.28. The van der Waals surface area contributed by atoms with Crippen molar-refractivity contribution in [1.29, 1.82) is 0 Å².